The molecule has 1 fully saturated rings. The highest BCUT2D eigenvalue weighted by atomic mass is 16.5. The molecule has 0 atom stereocenters. The SMILES string of the molecule is COc1ccccc1N1CCN(CCN)CC1. The van der Waals surface area contributed by atoms with Gasteiger partial charge in [-0.3, -0.25) is 4.90 Å². The first-order valence-corrected chi connectivity index (χ1v) is 6.15. The third kappa shape index (κ3) is 2.90. The minimum absolute atomic E-state index is 0.745. The maximum Gasteiger partial charge on any atom is 0.142 e. The lowest BCUT2D eigenvalue weighted by molar-refractivity contribution is 0.264. The molecule has 1 saturated heterocycles. The number of piperazine rings is 1. The van der Waals surface area contributed by atoms with Crippen LogP contribution < -0.4 is 15.4 Å². The lowest BCUT2D eigenvalue weighted by Crippen LogP contribution is -2.47. The summed E-state index contributed by atoms with van der Waals surface area (Å²) in [7, 11) is 1.73. The van der Waals surface area contributed by atoms with Crippen LogP contribution in [-0.2, 0) is 0 Å². The van der Waals surface area contributed by atoms with Crippen molar-refractivity contribution in [1.82, 2.24) is 4.90 Å². The molecular weight excluding hydrogens is 214 g/mol. The van der Waals surface area contributed by atoms with E-state index in [0.717, 1.165) is 45.0 Å². The molecule has 1 heterocycles. The molecular formula is C13H21N3O. The third-order valence-corrected chi connectivity index (χ3v) is 3.24. The number of nitrogens with zero attached hydrogens (tertiary/aromatic N) is 2. The highest BCUT2D eigenvalue weighted by molar-refractivity contribution is 5.58. The van der Waals surface area contributed by atoms with Crippen LogP contribution in [0.25, 0.3) is 0 Å². The number of rotatable bonds is 4. The van der Waals surface area contributed by atoms with Crippen LogP contribution in [0, 0.1) is 0 Å². The minimum atomic E-state index is 0.745. The van der Waals surface area contributed by atoms with E-state index in [1.807, 2.05) is 12.1 Å². The fourth-order valence-electron chi connectivity index (χ4n) is 2.29. The van der Waals surface area contributed by atoms with Crippen LogP contribution >= 0.6 is 0 Å². The van der Waals surface area contributed by atoms with E-state index < -0.39 is 0 Å². The average molecular weight is 235 g/mol. The van der Waals surface area contributed by atoms with Gasteiger partial charge in [0.25, 0.3) is 0 Å². The van der Waals surface area contributed by atoms with Gasteiger partial charge in [-0.1, -0.05) is 12.1 Å². The van der Waals surface area contributed by atoms with Crippen LogP contribution in [0.5, 0.6) is 5.75 Å². The predicted molar refractivity (Wildman–Crippen MR) is 70.7 cm³/mol. The summed E-state index contributed by atoms with van der Waals surface area (Å²) in [5, 5.41) is 0. The van der Waals surface area contributed by atoms with Crippen molar-refractivity contribution >= 4 is 5.69 Å². The van der Waals surface area contributed by atoms with Gasteiger partial charge in [0.05, 0.1) is 12.8 Å². The van der Waals surface area contributed by atoms with E-state index in [2.05, 4.69) is 21.9 Å². The monoisotopic (exact) mass is 235 g/mol. The zero-order chi connectivity index (χ0) is 12.1. The summed E-state index contributed by atoms with van der Waals surface area (Å²) in [6.45, 7) is 5.99. The van der Waals surface area contributed by atoms with Gasteiger partial charge in [-0.25, -0.2) is 0 Å². The molecule has 94 valence electrons. The van der Waals surface area contributed by atoms with E-state index in [4.69, 9.17) is 10.5 Å². The molecule has 1 aromatic carbocycles. The third-order valence-electron chi connectivity index (χ3n) is 3.24. The molecule has 0 aliphatic carbocycles. The summed E-state index contributed by atoms with van der Waals surface area (Å²) in [5.41, 5.74) is 6.77. The number of hydrogen-bond acceptors (Lipinski definition) is 4. The molecule has 0 saturated carbocycles. The lowest BCUT2D eigenvalue weighted by atomic mass is 10.2. The minimum Gasteiger partial charge on any atom is -0.495 e. The molecule has 0 bridgehead atoms. The summed E-state index contributed by atoms with van der Waals surface area (Å²) >= 11 is 0. The highest BCUT2D eigenvalue weighted by Gasteiger charge is 2.18. The smallest absolute Gasteiger partial charge is 0.142 e. The van der Waals surface area contributed by atoms with Crippen LogP contribution in [0.3, 0.4) is 0 Å². The van der Waals surface area contributed by atoms with E-state index in [-0.39, 0.29) is 0 Å². The van der Waals surface area contributed by atoms with E-state index in [1.54, 1.807) is 7.11 Å². The van der Waals surface area contributed by atoms with Gasteiger partial charge in [0.15, 0.2) is 0 Å². The largest absolute Gasteiger partial charge is 0.495 e. The quantitative estimate of drug-likeness (QED) is 0.837. The van der Waals surface area contributed by atoms with Crippen LogP contribution in [0.2, 0.25) is 0 Å². The molecule has 1 aliphatic heterocycles. The zero-order valence-electron chi connectivity index (χ0n) is 10.4. The summed E-state index contributed by atoms with van der Waals surface area (Å²) in [6, 6.07) is 8.20. The number of nitrogens with two attached hydrogens (primary N) is 1. The molecule has 4 heteroatoms. The summed E-state index contributed by atoms with van der Waals surface area (Å²) < 4.78 is 5.40. The Morgan fingerprint density at radius 2 is 1.88 bits per heavy atom. The first-order chi connectivity index (χ1) is 8.35. The number of ether oxygens (including phenoxy) is 1. The van der Waals surface area contributed by atoms with Gasteiger partial charge in [0.1, 0.15) is 5.75 Å². The molecule has 0 unspecified atom stereocenters. The van der Waals surface area contributed by atoms with Crippen molar-refractivity contribution in [3.8, 4) is 5.75 Å². The Kier molecular flexibility index (Phi) is 4.23. The molecule has 2 N–H and O–H groups in total. The van der Waals surface area contributed by atoms with Crippen molar-refractivity contribution in [2.45, 2.75) is 0 Å². The van der Waals surface area contributed by atoms with Crippen molar-refractivity contribution in [2.75, 3.05) is 51.3 Å². The number of hydrogen-bond donors (Lipinski definition) is 1. The average Bonchev–Trinajstić information content (AvgIpc) is 2.40. The molecule has 1 aliphatic rings. The van der Waals surface area contributed by atoms with Gasteiger partial charge >= 0.3 is 0 Å². The van der Waals surface area contributed by atoms with Crippen molar-refractivity contribution < 1.29 is 4.74 Å². The second kappa shape index (κ2) is 5.89. The first-order valence-electron chi connectivity index (χ1n) is 6.15. The van der Waals surface area contributed by atoms with E-state index in [1.165, 1.54) is 5.69 Å². The molecule has 0 amide bonds. The van der Waals surface area contributed by atoms with E-state index in [9.17, 15) is 0 Å². The van der Waals surface area contributed by atoms with E-state index in [0.29, 0.717) is 0 Å². The zero-order valence-corrected chi connectivity index (χ0v) is 10.4. The van der Waals surface area contributed by atoms with Gasteiger partial charge in [-0.05, 0) is 12.1 Å². The number of anilines is 1. The number of benzene rings is 1. The first kappa shape index (κ1) is 12.2. The topological polar surface area (TPSA) is 41.7 Å². The highest BCUT2D eigenvalue weighted by Crippen LogP contribution is 2.28. The van der Waals surface area contributed by atoms with Crippen molar-refractivity contribution in [3.63, 3.8) is 0 Å². The normalized spacial score (nSPS) is 17.2. The van der Waals surface area contributed by atoms with Gasteiger partial charge in [-0.15, -0.1) is 0 Å². The Hall–Kier alpha value is -1.26. The standard InChI is InChI=1S/C13H21N3O/c1-17-13-5-3-2-4-12(13)16-10-8-15(7-6-14)9-11-16/h2-5H,6-11,14H2,1H3. The van der Waals surface area contributed by atoms with Crippen LogP contribution in [-0.4, -0.2) is 51.3 Å². The second-order valence-corrected chi connectivity index (χ2v) is 4.29. The maximum atomic E-state index is 5.58. The summed E-state index contributed by atoms with van der Waals surface area (Å²) in [5.74, 6) is 0.958. The lowest BCUT2D eigenvalue weighted by Gasteiger charge is -2.36. The fraction of sp³-hybridized carbons (Fsp3) is 0.538. The Morgan fingerprint density at radius 1 is 1.18 bits per heavy atom. The second-order valence-electron chi connectivity index (χ2n) is 4.29. The summed E-state index contributed by atoms with van der Waals surface area (Å²) in [6.07, 6.45) is 0. The van der Waals surface area contributed by atoms with Crippen LogP contribution in [0.15, 0.2) is 24.3 Å². The Balaban J connectivity index is 2.00. The van der Waals surface area contributed by atoms with E-state index >= 15 is 0 Å². The Bertz CT molecular complexity index is 348. The van der Waals surface area contributed by atoms with Gasteiger partial charge < -0.3 is 15.4 Å². The molecule has 2 rings (SSSR count). The van der Waals surface area contributed by atoms with Gasteiger partial charge in [-0.2, -0.15) is 0 Å². The molecule has 1 aromatic rings. The summed E-state index contributed by atoms with van der Waals surface area (Å²) in [4.78, 5) is 4.79. The van der Waals surface area contributed by atoms with Crippen molar-refractivity contribution in [2.24, 2.45) is 5.73 Å². The predicted octanol–water partition coefficient (Wildman–Crippen LogP) is 0.776. The molecule has 0 aromatic heterocycles. The molecule has 17 heavy (non-hydrogen) atoms. The van der Waals surface area contributed by atoms with Crippen molar-refractivity contribution in [1.29, 1.82) is 0 Å². The Morgan fingerprint density at radius 3 is 2.53 bits per heavy atom. The molecule has 4 nitrogen and oxygen atoms in total. The molecule has 0 radical (unpaired) electrons. The van der Waals surface area contributed by atoms with Crippen molar-refractivity contribution in [3.05, 3.63) is 24.3 Å². The number of methoxy groups -OCH3 is 1. The maximum absolute atomic E-state index is 5.58. The fourth-order valence-corrected chi connectivity index (χ4v) is 2.29. The van der Waals surface area contributed by atoms with Crippen LogP contribution in [0.4, 0.5) is 5.69 Å². The molecule has 0 spiro atoms. The van der Waals surface area contributed by atoms with Gasteiger partial charge in [0.2, 0.25) is 0 Å². The number of para-hydroxylation sites is 2. The Labute approximate surface area is 103 Å². The van der Waals surface area contributed by atoms with Crippen LogP contribution in [0.1, 0.15) is 0 Å². The van der Waals surface area contributed by atoms with Gasteiger partial charge in [0, 0.05) is 39.3 Å².